The molecule has 7 heteroatoms. The van der Waals surface area contributed by atoms with E-state index in [1.165, 1.54) is 0 Å². The lowest BCUT2D eigenvalue weighted by Gasteiger charge is -2.40. The number of carbonyl (C=O) groups is 2. The number of likely N-dealkylation sites (tertiary alicyclic amines) is 1. The molecule has 2 aliphatic heterocycles. The van der Waals surface area contributed by atoms with Crippen molar-refractivity contribution in [3.05, 3.63) is 0 Å². The molecular weight excluding hydrogens is 330 g/mol. The lowest BCUT2D eigenvalue weighted by molar-refractivity contribution is -0.125. The number of hydrogen-bond donors (Lipinski definition) is 3. The number of hydrogen-bond acceptors (Lipinski definition) is 3. The molecule has 3 amide bonds. The van der Waals surface area contributed by atoms with Gasteiger partial charge >= 0.3 is 6.03 Å². The number of amides is 3. The van der Waals surface area contributed by atoms with Gasteiger partial charge in [0, 0.05) is 25.7 Å². The van der Waals surface area contributed by atoms with Crippen molar-refractivity contribution in [3.63, 3.8) is 0 Å². The largest absolute Gasteiger partial charge is 0.352 e. The molecule has 0 aromatic rings. The van der Waals surface area contributed by atoms with Crippen LogP contribution in [-0.2, 0) is 4.79 Å². The summed E-state index contributed by atoms with van der Waals surface area (Å²) >= 11 is 0. The monoisotopic (exact) mass is 363 g/mol. The highest BCUT2D eigenvalue weighted by atomic mass is 16.2. The Morgan fingerprint density at radius 2 is 1.73 bits per heavy atom. The van der Waals surface area contributed by atoms with Crippen molar-refractivity contribution in [1.82, 2.24) is 20.9 Å². The zero-order valence-corrected chi connectivity index (χ0v) is 16.9. The van der Waals surface area contributed by atoms with Crippen LogP contribution in [0.2, 0.25) is 0 Å². The number of nitrogens with zero attached hydrogens (tertiary/aromatic N) is 2. The van der Waals surface area contributed by atoms with Crippen LogP contribution in [-0.4, -0.2) is 54.0 Å². The number of piperidine rings is 1. The molecule has 1 atom stereocenters. The Hall–Kier alpha value is -1.79. The van der Waals surface area contributed by atoms with E-state index in [1.807, 2.05) is 6.92 Å². The Balaban J connectivity index is 1.63. The summed E-state index contributed by atoms with van der Waals surface area (Å²) in [5, 5.41) is 8.87. The van der Waals surface area contributed by atoms with Crippen molar-refractivity contribution in [2.45, 2.75) is 66.0 Å². The van der Waals surface area contributed by atoms with Crippen LogP contribution in [0.15, 0.2) is 4.99 Å². The van der Waals surface area contributed by atoms with E-state index in [2.05, 4.69) is 55.5 Å². The fourth-order valence-electron chi connectivity index (χ4n) is 4.59. The molecule has 0 aromatic heterocycles. The molecule has 3 rings (SSSR count). The zero-order valence-electron chi connectivity index (χ0n) is 16.9. The number of urea groups is 1. The topological polar surface area (TPSA) is 85.8 Å². The van der Waals surface area contributed by atoms with Crippen LogP contribution in [0.1, 0.15) is 54.4 Å². The fraction of sp³-hybridized carbons (Fsp3) is 0.842. The molecular formula is C19H33N5O2. The van der Waals surface area contributed by atoms with E-state index in [1.54, 1.807) is 0 Å². The molecule has 3 fully saturated rings. The summed E-state index contributed by atoms with van der Waals surface area (Å²) in [6.45, 7) is 15.5. The number of imide groups is 1. The standard InChI is InChI=1S/C19H33N5O2/c1-7-20-15(21-13-17(2,3)18(13,4)5)24-10-8-12(9-11-24)19(6)14(25)22-16(26)23-19/h12-13H,7-11H2,1-6H3,(H,20,21)(H2,22,23,25,26). The summed E-state index contributed by atoms with van der Waals surface area (Å²) in [7, 11) is 0. The van der Waals surface area contributed by atoms with E-state index < -0.39 is 5.54 Å². The third kappa shape index (κ3) is 2.85. The molecule has 7 nitrogen and oxygen atoms in total. The minimum atomic E-state index is -0.793. The SMILES string of the molecule is CCN=C(NC1C(C)(C)C1(C)C)N1CCC(C2(C)NC(=O)NC2=O)CC1. The highest BCUT2D eigenvalue weighted by Gasteiger charge is 2.65. The van der Waals surface area contributed by atoms with Crippen LogP contribution in [0, 0.1) is 16.7 Å². The van der Waals surface area contributed by atoms with Crippen LogP contribution < -0.4 is 16.0 Å². The van der Waals surface area contributed by atoms with Crippen LogP contribution in [0.4, 0.5) is 4.79 Å². The maximum atomic E-state index is 12.2. The van der Waals surface area contributed by atoms with Gasteiger partial charge in [0.2, 0.25) is 0 Å². The molecule has 1 saturated carbocycles. The third-order valence-corrected chi connectivity index (χ3v) is 7.28. The minimum absolute atomic E-state index is 0.141. The minimum Gasteiger partial charge on any atom is -0.352 e. The Morgan fingerprint density at radius 3 is 2.15 bits per heavy atom. The molecule has 26 heavy (non-hydrogen) atoms. The van der Waals surface area contributed by atoms with E-state index in [0.29, 0.717) is 6.04 Å². The molecule has 2 heterocycles. The molecule has 0 bridgehead atoms. The van der Waals surface area contributed by atoms with Crippen molar-refractivity contribution in [3.8, 4) is 0 Å². The van der Waals surface area contributed by atoms with Gasteiger partial charge in [-0.25, -0.2) is 4.79 Å². The van der Waals surface area contributed by atoms with Crippen molar-refractivity contribution in [2.75, 3.05) is 19.6 Å². The molecule has 3 aliphatic rings. The first-order chi connectivity index (χ1) is 12.0. The molecule has 0 radical (unpaired) electrons. The zero-order chi connectivity index (χ0) is 19.3. The number of guanidine groups is 1. The second-order valence-corrected chi connectivity index (χ2v) is 9.19. The molecule has 0 aromatic carbocycles. The highest BCUT2D eigenvalue weighted by molar-refractivity contribution is 6.07. The van der Waals surface area contributed by atoms with Gasteiger partial charge in [-0.2, -0.15) is 0 Å². The van der Waals surface area contributed by atoms with Gasteiger partial charge < -0.3 is 15.5 Å². The van der Waals surface area contributed by atoms with Gasteiger partial charge in [0.1, 0.15) is 5.54 Å². The normalized spacial score (nSPS) is 31.6. The molecule has 3 N–H and O–H groups in total. The van der Waals surface area contributed by atoms with Gasteiger partial charge in [-0.1, -0.05) is 27.7 Å². The van der Waals surface area contributed by atoms with Crippen molar-refractivity contribution in [1.29, 1.82) is 0 Å². The lowest BCUT2D eigenvalue weighted by atomic mass is 9.79. The Bertz CT molecular complexity index is 620. The Morgan fingerprint density at radius 1 is 1.15 bits per heavy atom. The molecule has 0 spiro atoms. The van der Waals surface area contributed by atoms with Crippen molar-refractivity contribution in [2.24, 2.45) is 21.7 Å². The Kier molecular flexibility index (Phi) is 4.48. The third-order valence-electron chi connectivity index (χ3n) is 7.28. The number of aliphatic imine (C=N–C) groups is 1. The first-order valence-corrected chi connectivity index (χ1v) is 9.73. The predicted octanol–water partition coefficient (Wildman–Crippen LogP) is 1.70. The lowest BCUT2D eigenvalue weighted by Crippen LogP contribution is -2.55. The van der Waals surface area contributed by atoms with Crippen LogP contribution in [0.5, 0.6) is 0 Å². The summed E-state index contributed by atoms with van der Waals surface area (Å²) in [6, 6.07) is 0.0310. The summed E-state index contributed by atoms with van der Waals surface area (Å²) < 4.78 is 0. The van der Waals surface area contributed by atoms with E-state index in [-0.39, 0.29) is 28.7 Å². The van der Waals surface area contributed by atoms with E-state index in [0.717, 1.165) is 38.4 Å². The maximum absolute atomic E-state index is 12.2. The van der Waals surface area contributed by atoms with Gasteiger partial charge in [0.25, 0.3) is 5.91 Å². The average molecular weight is 364 g/mol. The summed E-state index contributed by atoms with van der Waals surface area (Å²) in [5.74, 6) is 0.907. The summed E-state index contributed by atoms with van der Waals surface area (Å²) in [6.07, 6.45) is 1.71. The van der Waals surface area contributed by atoms with Crippen LogP contribution in [0.3, 0.4) is 0 Å². The van der Waals surface area contributed by atoms with Crippen molar-refractivity contribution < 1.29 is 9.59 Å². The number of nitrogens with one attached hydrogen (secondary N) is 3. The maximum Gasteiger partial charge on any atom is 0.322 e. The highest BCUT2D eigenvalue weighted by Crippen LogP contribution is 2.62. The first kappa shape index (κ1) is 19.0. The fourth-order valence-corrected chi connectivity index (χ4v) is 4.59. The van der Waals surface area contributed by atoms with E-state index >= 15 is 0 Å². The quantitative estimate of drug-likeness (QED) is 0.405. The predicted molar refractivity (Wildman–Crippen MR) is 102 cm³/mol. The van der Waals surface area contributed by atoms with Gasteiger partial charge in [-0.05, 0) is 43.4 Å². The second kappa shape index (κ2) is 6.13. The van der Waals surface area contributed by atoms with E-state index in [9.17, 15) is 9.59 Å². The summed E-state index contributed by atoms with van der Waals surface area (Å²) in [5.41, 5.74) is -0.293. The Labute approximate surface area is 156 Å². The number of rotatable bonds is 3. The van der Waals surface area contributed by atoms with Gasteiger partial charge in [-0.15, -0.1) is 0 Å². The molecule has 1 unspecified atom stereocenters. The molecule has 1 aliphatic carbocycles. The first-order valence-electron chi connectivity index (χ1n) is 9.73. The van der Waals surface area contributed by atoms with E-state index in [4.69, 9.17) is 4.99 Å². The van der Waals surface area contributed by atoms with Gasteiger partial charge in [0.15, 0.2) is 5.96 Å². The molecule has 146 valence electrons. The number of carbonyl (C=O) groups excluding carboxylic acids is 2. The van der Waals surface area contributed by atoms with Gasteiger partial charge in [-0.3, -0.25) is 15.1 Å². The van der Waals surface area contributed by atoms with Crippen molar-refractivity contribution >= 4 is 17.9 Å². The summed E-state index contributed by atoms with van der Waals surface area (Å²) in [4.78, 5) is 30.7. The van der Waals surface area contributed by atoms with Crippen LogP contribution in [0.25, 0.3) is 0 Å². The van der Waals surface area contributed by atoms with Gasteiger partial charge in [0.05, 0.1) is 0 Å². The molecule has 2 saturated heterocycles. The smallest absolute Gasteiger partial charge is 0.322 e. The average Bonchev–Trinajstić information content (AvgIpc) is 2.80. The second-order valence-electron chi connectivity index (χ2n) is 9.19. The van der Waals surface area contributed by atoms with Crippen LogP contribution >= 0.6 is 0 Å².